The van der Waals surface area contributed by atoms with E-state index in [0.717, 1.165) is 10.2 Å². The maximum absolute atomic E-state index is 12.2. The first-order valence-electron chi connectivity index (χ1n) is 6.71. The smallest absolute Gasteiger partial charge is 0.267 e. The lowest BCUT2D eigenvalue weighted by Crippen LogP contribution is -2.15. The maximum Gasteiger partial charge on any atom is 0.267 e. The molecule has 0 aliphatic carbocycles. The number of amides is 1. The van der Waals surface area contributed by atoms with Gasteiger partial charge in [-0.1, -0.05) is 28.1 Å². The van der Waals surface area contributed by atoms with Crippen LogP contribution in [0.3, 0.4) is 0 Å². The van der Waals surface area contributed by atoms with Gasteiger partial charge in [0, 0.05) is 16.4 Å². The van der Waals surface area contributed by atoms with E-state index < -0.39 is 5.91 Å². The molecule has 0 aromatic heterocycles. The van der Waals surface area contributed by atoms with Crippen LogP contribution < -0.4 is 15.4 Å². The summed E-state index contributed by atoms with van der Waals surface area (Å²) in [6.07, 6.45) is 1.37. The molecule has 2 aromatic carbocycles. The Labute approximate surface area is 142 Å². The molecule has 0 saturated carbocycles. The van der Waals surface area contributed by atoms with Gasteiger partial charge < -0.3 is 15.4 Å². The van der Waals surface area contributed by atoms with Crippen LogP contribution in [-0.4, -0.2) is 13.0 Å². The Morgan fingerprint density at radius 3 is 2.57 bits per heavy atom. The Balaban J connectivity index is 2.10. The van der Waals surface area contributed by atoms with Crippen LogP contribution in [0.4, 0.5) is 11.4 Å². The summed E-state index contributed by atoms with van der Waals surface area (Å²) in [5.74, 6) is 0.0145. The van der Waals surface area contributed by atoms with Crippen LogP contribution in [0.2, 0.25) is 0 Å². The predicted octanol–water partition coefficient (Wildman–Crippen LogP) is 3.92. The quantitative estimate of drug-likeness (QED) is 0.616. The molecule has 0 radical (unpaired) electrons. The highest BCUT2D eigenvalue weighted by atomic mass is 79.9. The van der Waals surface area contributed by atoms with Crippen molar-refractivity contribution in [1.82, 2.24) is 0 Å². The second-order valence-corrected chi connectivity index (χ2v) is 5.39. The third-order valence-electron chi connectivity index (χ3n) is 2.95. The molecule has 2 aromatic rings. The molecule has 0 bridgehead atoms. The summed E-state index contributed by atoms with van der Waals surface area (Å²) in [5, 5.41) is 14.7. The minimum absolute atomic E-state index is 0.0428. The molecule has 0 fully saturated rings. The molecule has 0 atom stereocenters. The van der Waals surface area contributed by atoms with E-state index in [0.29, 0.717) is 11.4 Å². The van der Waals surface area contributed by atoms with E-state index in [1.165, 1.54) is 13.3 Å². The maximum atomic E-state index is 12.2. The van der Waals surface area contributed by atoms with Gasteiger partial charge in [0.05, 0.1) is 12.8 Å². The van der Waals surface area contributed by atoms with Crippen molar-refractivity contribution in [3.05, 3.63) is 64.8 Å². The van der Waals surface area contributed by atoms with Crippen molar-refractivity contribution in [2.75, 3.05) is 17.7 Å². The first kappa shape index (κ1) is 16.6. The Morgan fingerprint density at radius 1 is 1.22 bits per heavy atom. The molecule has 2 rings (SSSR count). The van der Waals surface area contributed by atoms with Crippen molar-refractivity contribution in [2.24, 2.45) is 0 Å². The number of carbonyl (C=O) groups excluding carboxylic acids is 1. The van der Waals surface area contributed by atoms with Gasteiger partial charge in [0.1, 0.15) is 17.4 Å². The zero-order valence-electron chi connectivity index (χ0n) is 12.3. The molecule has 1 amide bonds. The number of anilines is 2. The average molecular weight is 372 g/mol. The molecule has 0 spiro atoms. The summed E-state index contributed by atoms with van der Waals surface area (Å²) in [5.41, 5.74) is 1.23. The summed E-state index contributed by atoms with van der Waals surface area (Å²) in [6.45, 7) is 0. The summed E-state index contributed by atoms with van der Waals surface area (Å²) < 4.78 is 6.11. The first-order chi connectivity index (χ1) is 11.1. The Kier molecular flexibility index (Phi) is 5.78. The number of para-hydroxylation sites is 2. The van der Waals surface area contributed by atoms with Crippen LogP contribution in [0, 0.1) is 11.3 Å². The Morgan fingerprint density at radius 2 is 1.91 bits per heavy atom. The summed E-state index contributed by atoms with van der Waals surface area (Å²) in [6, 6.07) is 16.2. The summed E-state index contributed by atoms with van der Waals surface area (Å²) >= 11 is 3.34. The van der Waals surface area contributed by atoms with Gasteiger partial charge in [0.2, 0.25) is 0 Å². The molecular formula is C17H14BrN3O2. The lowest BCUT2D eigenvalue weighted by molar-refractivity contribution is -0.112. The number of ether oxygens (including phenoxy) is 1. The van der Waals surface area contributed by atoms with E-state index in [1.807, 2.05) is 30.3 Å². The summed E-state index contributed by atoms with van der Waals surface area (Å²) in [7, 11) is 1.52. The fourth-order valence-corrected chi connectivity index (χ4v) is 2.05. The topological polar surface area (TPSA) is 74.1 Å². The van der Waals surface area contributed by atoms with Crippen LogP contribution in [0.25, 0.3) is 0 Å². The number of methoxy groups -OCH3 is 1. The van der Waals surface area contributed by atoms with Crippen molar-refractivity contribution in [3.8, 4) is 11.8 Å². The second kappa shape index (κ2) is 8.01. The van der Waals surface area contributed by atoms with E-state index in [4.69, 9.17) is 10.00 Å². The van der Waals surface area contributed by atoms with Crippen molar-refractivity contribution >= 4 is 33.2 Å². The highest BCUT2D eigenvalue weighted by molar-refractivity contribution is 9.10. The van der Waals surface area contributed by atoms with E-state index >= 15 is 0 Å². The highest BCUT2D eigenvalue weighted by Gasteiger charge is 2.11. The van der Waals surface area contributed by atoms with Gasteiger partial charge in [0.15, 0.2) is 0 Å². The van der Waals surface area contributed by atoms with Crippen molar-refractivity contribution in [1.29, 1.82) is 5.26 Å². The van der Waals surface area contributed by atoms with Crippen LogP contribution in [0.1, 0.15) is 0 Å². The van der Waals surface area contributed by atoms with E-state index in [1.54, 1.807) is 24.3 Å². The number of benzene rings is 2. The first-order valence-corrected chi connectivity index (χ1v) is 7.50. The standard InChI is InChI=1S/C17H14BrN3O2/c1-23-16-5-3-2-4-15(16)21-17(22)12(10-19)11-20-14-8-6-13(18)7-9-14/h2-9,11,20H,1H3,(H,21,22)/b12-11-. The molecule has 23 heavy (non-hydrogen) atoms. The molecule has 6 heteroatoms. The van der Waals surface area contributed by atoms with Crippen molar-refractivity contribution < 1.29 is 9.53 Å². The Bertz CT molecular complexity index is 764. The number of halogens is 1. The third kappa shape index (κ3) is 4.59. The van der Waals surface area contributed by atoms with Crippen molar-refractivity contribution in [3.63, 3.8) is 0 Å². The minimum Gasteiger partial charge on any atom is -0.495 e. The van der Waals surface area contributed by atoms with Gasteiger partial charge in [-0.3, -0.25) is 4.79 Å². The minimum atomic E-state index is -0.512. The molecular weight excluding hydrogens is 358 g/mol. The number of hydrogen-bond acceptors (Lipinski definition) is 4. The molecule has 0 aliphatic heterocycles. The van der Waals surface area contributed by atoms with Crippen LogP contribution >= 0.6 is 15.9 Å². The number of hydrogen-bond donors (Lipinski definition) is 2. The van der Waals surface area contributed by atoms with Crippen LogP contribution in [0.15, 0.2) is 64.8 Å². The highest BCUT2D eigenvalue weighted by Crippen LogP contribution is 2.23. The number of nitrogens with one attached hydrogen (secondary N) is 2. The molecule has 0 saturated heterocycles. The molecule has 2 N–H and O–H groups in total. The van der Waals surface area contributed by atoms with Gasteiger partial charge in [-0.25, -0.2) is 0 Å². The molecule has 0 aliphatic rings. The predicted molar refractivity (Wildman–Crippen MR) is 93.1 cm³/mol. The largest absolute Gasteiger partial charge is 0.495 e. The molecule has 5 nitrogen and oxygen atoms in total. The zero-order chi connectivity index (χ0) is 16.7. The number of nitriles is 1. The number of nitrogens with zero attached hydrogens (tertiary/aromatic N) is 1. The number of carbonyl (C=O) groups is 1. The fourth-order valence-electron chi connectivity index (χ4n) is 1.79. The van der Waals surface area contributed by atoms with Gasteiger partial charge in [-0.05, 0) is 36.4 Å². The lowest BCUT2D eigenvalue weighted by Gasteiger charge is -2.09. The molecule has 0 unspecified atom stereocenters. The fraction of sp³-hybridized carbons (Fsp3) is 0.0588. The van der Waals surface area contributed by atoms with Gasteiger partial charge in [-0.15, -0.1) is 0 Å². The van der Waals surface area contributed by atoms with E-state index in [2.05, 4.69) is 26.6 Å². The Hall–Kier alpha value is -2.78. The average Bonchev–Trinajstić information content (AvgIpc) is 2.57. The van der Waals surface area contributed by atoms with Crippen molar-refractivity contribution in [2.45, 2.75) is 0 Å². The summed E-state index contributed by atoms with van der Waals surface area (Å²) in [4.78, 5) is 12.2. The van der Waals surface area contributed by atoms with Gasteiger partial charge in [0.25, 0.3) is 5.91 Å². The van der Waals surface area contributed by atoms with E-state index in [-0.39, 0.29) is 5.57 Å². The van der Waals surface area contributed by atoms with Crippen LogP contribution in [0.5, 0.6) is 5.75 Å². The third-order valence-corrected chi connectivity index (χ3v) is 3.48. The monoisotopic (exact) mass is 371 g/mol. The zero-order valence-corrected chi connectivity index (χ0v) is 13.9. The van der Waals surface area contributed by atoms with Gasteiger partial charge >= 0.3 is 0 Å². The van der Waals surface area contributed by atoms with Gasteiger partial charge in [-0.2, -0.15) is 5.26 Å². The SMILES string of the molecule is COc1ccccc1NC(=O)/C(C#N)=C\Nc1ccc(Br)cc1. The lowest BCUT2D eigenvalue weighted by atomic mass is 10.2. The normalized spacial score (nSPS) is 10.6. The molecule has 116 valence electrons. The van der Waals surface area contributed by atoms with E-state index in [9.17, 15) is 4.79 Å². The number of rotatable bonds is 5. The second-order valence-electron chi connectivity index (χ2n) is 4.48. The van der Waals surface area contributed by atoms with Crippen LogP contribution in [-0.2, 0) is 4.79 Å². The molecule has 0 heterocycles.